The maximum atomic E-state index is 12.1. The third-order valence-corrected chi connectivity index (χ3v) is 3.51. The van der Waals surface area contributed by atoms with Gasteiger partial charge in [0.15, 0.2) is 0 Å². The zero-order valence-electron chi connectivity index (χ0n) is 12.1. The SMILES string of the molecule is COCO[C@H]1CCN(C(=O)OCc2ccccc2)[C@H]1CO. The largest absolute Gasteiger partial charge is 0.445 e. The highest BCUT2D eigenvalue weighted by atomic mass is 16.7. The lowest BCUT2D eigenvalue weighted by Gasteiger charge is -2.25. The smallest absolute Gasteiger partial charge is 0.410 e. The topological polar surface area (TPSA) is 68.2 Å². The number of methoxy groups -OCH3 is 1. The van der Waals surface area contributed by atoms with Gasteiger partial charge >= 0.3 is 6.09 Å². The fourth-order valence-corrected chi connectivity index (χ4v) is 2.42. The van der Waals surface area contributed by atoms with E-state index in [1.165, 1.54) is 12.0 Å². The molecular weight excluding hydrogens is 274 g/mol. The van der Waals surface area contributed by atoms with E-state index in [0.29, 0.717) is 13.0 Å². The highest BCUT2D eigenvalue weighted by molar-refractivity contribution is 5.68. The number of hydrogen-bond donors (Lipinski definition) is 1. The van der Waals surface area contributed by atoms with Crippen molar-refractivity contribution < 1.29 is 24.1 Å². The van der Waals surface area contributed by atoms with Gasteiger partial charge in [-0.2, -0.15) is 0 Å². The summed E-state index contributed by atoms with van der Waals surface area (Å²) in [6, 6.07) is 9.10. The molecule has 1 amide bonds. The van der Waals surface area contributed by atoms with Gasteiger partial charge in [0.25, 0.3) is 0 Å². The van der Waals surface area contributed by atoms with Crippen LogP contribution in [0.1, 0.15) is 12.0 Å². The lowest BCUT2D eigenvalue weighted by molar-refractivity contribution is -0.0856. The van der Waals surface area contributed by atoms with Gasteiger partial charge in [0.05, 0.1) is 18.8 Å². The zero-order valence-corrected chi connectivity index (χ0v) is 12.1. The van der Waals surface area contributed by atoms with Crippen molar-refractivity contribution in [3.05, 3.63) is 35.9 Å². The van der Waals surface area contributed by atoms with Crippen LogP contribution in [-0.2, 0) is 20.8 Å². The molecule has 2 atom stereocenters. The van der Waals surface area contributed by atoms with E-state index in [9.17, 15) is 9.90 Å². The monoisotopic (exact) mass is 295 g/mol. The van der Waals surface area contributed by atoms with E-state index in [1.54, 1.807) is 0 Å². The molecule has 1 saturated heterocycles. The van der Waals surface area contributed by atoms with E-state index >= 15 is 0 Å². The number of likely N-dealkylation sites (tertiary alicyclic amines) is 1. The summed E-state index contributed by atoms with van der Waals surface area (Å²) in [6.45, 7) is 0.716. The molecule has 1 aromatic rings. The van der Waals surface area contributed by atoms with Crippen molar-refractivity contribution >= 4 is 6.09 Å². The molecular formula is C15H21NO5. The number of rotatable bonds is 6. The van der Waals surface area contributed by atoms with E-state index in [2.05, 4.69) is 0 Å². The Hall–Kier alpha value is -1.63. The normalized spacial score (nSPS) is 21.5. The molecule has 0 spiro atoms. The van der Waals surface area contributed by atoms with E-state index in [1.807, 2.05) is 30.3 Å². The van der Waals surface area contributed by atoms with E-state index in [4.69, 9.17) is 14.2 Å². The molecule has 0 radical (unpaired) electrons. The highest BCUT2D eigenvalue weighted by Gasteiger charge is 2.38. The number of aliphatic hydroxyl groups is 1. The quantitative estimate of drug-likeness (QED) is 0.803. The Morgan fingerprint density at radius 2 is 2.14 bits per heavy atom. The summed E-state index contributed by atoms with van der Waals surface area (Å²) in [6.07, 6.45) is 0.00955. The summed E-state index contributed by atoms with van der Waals surface area (Å²) in [5.74, 6) is 0. The Bertz CT molecular complexity index is 439. The standard InChI is InChI=1S/C15H21NO5/c1-19-11-21-14-7-8-16(13(14)9-17)15(18)20-10-12-5-3-2-4-6-12/h2-6,13-14,17H,7-11H2,1H3/t13-,14-/m0/s1. The van der Waals surface area contributed by atoms with Crippen LogP contribution in [0.3, 0.4) is 0 Å². The van der Waals surface area contributed by atoms with Crippen LogP contribution >= 0.6 is 0 Å². The van der Waals surface area contributed by atoms with Crippen molar-refractivity contribution in [3.8, 4) is 0 Å². The summed E-state index contributed by atoms with van der Waals surface area (Å²) < 4.78 is 15.6. The molecule has 2 rings (SSSR count). The van der Waals surface area contributed by atoms with Crippen molar-refractivity contribution in [1.29, 1.82) is 0 Å². The van der Waals surface area contributed by atoms with Gasteiger partial charge in [-0.3, -0.25) is 0 Å². The first-order chi connectivity index (χ1) is 10.3. The first kappa shape index (κ1) is 15.8. The minimum absolute atomic E-state index is 0.147. The Kier molecular flexibility index (Phi) is 5.98. The average molecular weight is 295 g/mol. The number of ether oxygens (including phenoxy) is 3. The molecule has 1 aliphatic heterocycles. The number of carbonyl (C=O) groups is 1. The first-order valence-electron chi connectivity index (χ1n) is 6.95. The summed E-state index contributed by atoms with van der Waals surface area (Å²) in [5, 5.41) is 9.47. The van der Waals surface area contributed by atoms with Crippen LogP contribution in [0.5, 0.6) is 0 Å². The highest BCUT2D eigenvalue weighted by Crippen LogP contribution is 2.22. The number of hydrogen-bond acceptors (Lipinski definition) is 5. The molecule has 1 N–H and O–H groups in total. The Morgan fingerprint density at radius 3 is 2.81 bits per heavy atom. The van der Waals surface area contributed by atoms with E-state index in [-0.39, 0.29) is 32.2 Å². The van der Waals surface area contributed by atoms with Gasteiger partial charge < -0.3 is 24.2 Å². The number of aliphatic hydroxyl groups excluding tert-OH is 1. The van der Waals surface area contributed by atoms with Gasteiger partial charge in [-0.15, -0.1) is 0 Å². The second kappa shape index (κ2) is 7.97. The molecule has 116 valence electrons. The molecule has 1 fully saturated rings. The number of carbonyl (C=O) groups excluding carboxylic acids is 1. The van der Waals surface area contributed by atoms with Gasteiger partial charge in [0.2, 0.25) is 0 Å². The number of benzene rings is 1. The van der Waals surface area contributed by atoms with Gasteiger partial charge in [0.1, 0.15) is 13.4 Å². The Balaban J connectivity index is 1.86. The minimum atomic E-state index is -0.429. The average Bonchev–Trinajstić information content (AvgIpc) is 2.94. The number of amides is 1. The molecule has 6 nitrogen and oxygen atoms in total. The minimum Gasteiger partial charge on any atom is -0.445 e. The second-order valence-electron chi connectivity index (χ2n) is 4.88. The summed E-state index contributed by atoms with van der Waals surface area (Å²) >= 11 is 0. The molecule has 21 heavy (non-hydrogen) atoms. The van der Waals surface area contributed by atoms with Crippen molar-refractivity contribution in [2.24, 2.45) is 0 Å². The van der Waals surface area contributed by atoms with Crippen LogP contribution in [0.25, 0.3) is 0 Å². The van der Waals surface area contributed by atoms with Crippen molar-refractivity contribution in [1.82, 2.24) is 4.90 Å². The fraction of sp³-hybridized carbons (Fsp3) is 0.533. The predicted octanol–water partition coefficient (Wildman–Crippen LogP) is 1.38. The number of nitrogens with zero attached hydrogens (tertiary/aromatic N) is 1. The summed E-state index contributed by atoms with van der Waals surface area (Å²) in [7, 11) is 1.54. The lowest BCUT2D eigenvalue weighted by Crippen LogP contribution is -2.43. The Labute approximate surface area is 124 Å². The van der Waals surface area contributed by atoms with Crippen LogP contribution in [0.4, 0.5) is 4.79 Å². The third kappa shape index (κ3) is 4.17. The Morgan fingerprint density at radius 1 is 1.38 bits per heavy atom. The molecule has 0 bridgehead atoms. The van der Waals surface area contributed by atoms with E-state index < -0.39 is 6.09 Å². The molecule has 1 aromatic carbocycles. The van der Waals surface area contributed by atoms with Gasteiger partial charge in [-0.05, 0) is 12.0 Å². The predicted molar refractivity (Wildman–Crippen MR) is 75.6 cm³/mol. The summed E-state index contributed by atoms with van der Waals surface area (Å²) in [5.41, 5.74) is 0.928. The fourth-order valence-electron chi connectivity index (χ4n) is 2.42. The van der Waals surface area contributed by atoms with Gasteiger partial charge in [-0.25, -0.2) is 4.79 Å². The van der Waals surface area contributed by atoms with E-state index in [0.717, 1.165) is 5.56 Å². The third-order valence-electron chi connectivity index (χ3n) is 3.51. The van der Waals surface area contributed by atoms with Crippen LogP contribution in [0.15, 0.2) is 30.3 Å². The van der Waals surface area contributed by atoms with Crippen LogP contribution in [0.2, 0.25) is 0 Å². The maximum absolute atomic E-state index is 12.1. The molecule has 0 aliphatic carbocycles. The first-order valence-corrected chi connectivity index (χ1v) is 6.95. The summed E-state index contributed by atoms with van der Waals surface area (Å²) in [4.78, 5) is 13.6. The van der Waals surface area contributed by atoms with Crippen molar-refractivity contribution in [2.75, 3.05) is 27.1 Å². The molecule has 1 heterocycles. The molecule has 6 heteroatoms. The molecule has 0 saturated carbocycles. The second-order valence-corrected chi connectivity index (χ2v) is 4.88. The van der Waals surface area contributed by atoms with Crippen molar-refractivity contribution in [2.45, 2.75) is 25.2 Å². The van der Waals surface area contributed by atoms with Crippen LogP contribution in [-0.4, -0.2) is 55.3 Å². The molecule has 1 aliphatic rings. The zero-order chi connectivity index (χ0) is 15.1. The molecule has 0 aromatic heterocycles. The molecule has 0 unspecified atom stereocenters. The van der Waals surface area contributed by atoms with Gasteiger partial charge in [0, 0.05) is 13.7 Å². The van der Waals surface area contributed by atoms with Crippen LogP contribution < -0.4 is 0 Å². The van der Waals surface area contributed by atoms with Crippen LogP contribution in [0, 0.1) is 0 Å². The maximum Gasteiger partial charge on any atom is 0.410 e. The lowest BCUT2D eigenvalue weighted by atomic mass is 10.2. The van der Waals surface area contributed by atoms with Gasteiger partial charge in [-0.1, -0.05) is 30.3 Å². The van der Waals surface area contributed by atoms with Crippen molar-refractivity contribution in [3.63, 3.8) is 0 Å².